The van der Waals surface area contributed by atoms with Crippen molar-refractivity contribution in [3.05, 3.63) is 90.5 Å². The van der Waals surface area contributed by atoms with Crippen LogP contribution in [0, 0.1) is 0 Å². The van der Waals surface area contributed by atoms with Gasteiger partial charge in [0.25, 0.3) is 0 Å². The summed E-state index contributed by atoms with van der Waals surface area (Å²) in [5, 5.41) is 0. The van der Waals surface area contributed by atoms with Gasteiger partial charge in [-0.05, 0) is 23.1 Å². The maximum Gasteiger partial charge on any atom is -0.0190 e. The van der Waals surface area contributed by atoms with Crippen molar-refractivity contribution in [2.75, 3.05) is 0 Å². The van der Waals surface area contributed by atoms with E-state index in [-0.39, 0.29) is 0 Å². The minimum absolute atomic E-state index is 1.11. The molecule has 2 aromatic rings. The molecule has 0 aliphatic heterocycles. The average molecular weight is 262 g/mol. The molecule has 0 saturated heterocycles. The zero-order valence-corrected chi connectivity index (χ0v) is 12.1. The summed E-state index contributed by atoms with van der Waals surface area (Å²) in [7, 11) is 0. The van der Waals surface area contributed by atoms with Crippen molar-refractivity contribution >= 4 is 18.2 Å². The highest BCUT2D eigenvalue weighted by Gasteiger charge is 1.89. The summed E-state index contributed by atoms with van der Waals surface area (Å²) < 4.78 is 0. The quantitative estimate of drug-likeness (QED) is 0.626. The van der Waals surface area contributed by atoms with Gasteiger partial charge in [-0.2, -0.15) is 0 Å². The van der Waals surface area contributed by atoms with Crippen LogP contribution in [-0.4, -0.2) is 0 Å². The lowest BCUT2D eigenvalue weighted by molar-refractivity contribution is 1.23. The van der Waals surface area contributed by atoms with Gasteiger partial charge in [-0.15, -0.1) is 0 Å². The highest BCUT2D eigenvalue weighted by Crippen LogP contribution is 2.10. The van der Waals surface area contributed by atoms with Gasteiger partial charge in [0.2, 0.25) is 0 Å². The zero-order valence-electron chi connectivity index (χ0n) is 12.1. The third-order valence-electron chi connectivity index (χ3n) is 2.78. The molecule has 0 atom stereocenters. The molecule has 20 heavy (non-hydrogen) atoms. The molecule has 0 nitrogen and oxygen atoms in total. The van der Waals surface area contributed by atoms with Crippen LogP contribution < -0.4 is 0 Å². The molecule has 0 aliphatic carbocycles. The smallest absolute Gasteiger partial charge is 0.0190 e. The van der Waals surface area contributed by atoms with Gasteiger partial charge in [0, 0.05) is 0 Å². The molecule has 0 fully saturated rings. The molecule has 0 aliphatic rings. The summed E-state index contributed by atoms with van der Waals surface area (Å²) in [6, 6.07) is 18.4. The van der Waals surface area contributed by atoms with Crippen molar-refractivity contribution in [3.8, 4) is 0 Å². The van der Waals surface area contributed by atoms with E-state index in [0.717, 1.165) is 17.5 Å². The lowest BCUT2D eigenvalue weighted by atomic mass is 10.1. The normalized spacial score (nSPS) is 9.65. The number of benzene rings is 2. The molecule has 0 heteroatoms. The molecule has 0 bridgehead atoms. The zero-order chi connectivity index (χ0) is 14.6. The van der Waals surface area contributed by atoms with E-state index >= 15 is 0 Å². The largest absolute Gasteiger partial charge is 0.0984 e. The summed E-state index contributed by atoms with van der Waals surface area (Å²) in [4.78, 5) is 0. The number of hydrogen-bond donors (Lipinski definition) is 0. The maximum atomic E-state index is 3.69. The Morgan fingerprint density at radius 3 is 1.75 bits per heavy atom. The van der Waals surface area contributed by atoms with E-state index in [1.54, 1.807) is 0 Å². The molecule has 0 radical (unpaired) electrons. The first-order valence-electron chi connectivity index (χ1n) is 6.87. The standard InChI is InChI=1S/C10H10.C10H12/c1-3-9-7-5-6-8-10(9)4-2;1-2-3-7-10-8-5-4-6-9-10/h3-8H,1-2H2;3-9H,2H2,1H3. The summed E-state index contributed by atoms with van der Waals surface area (Å²) in [6.45, 7) is 9.52. The van der Waals surface area contributed by atoms with Crippen molar-refractivity contribution < 1.29 is 0 Å². The van der Waals surface area contributed by atoms with Crippen molar-refractivity contribution in [2.45, 2.75) is 13.3 Å². The molecule has 0 heterocycles. The van der Waals surface area contributed by atoms with Gasteiger partial charge in [-0.25, -0.2) is 0 Å². The topological polar surface area (TPSA) is 0 Å². The maximum absolute atomic E-state index is 3.69. The van der Waals surface area contributed by atoms with E-state index in [1.807, 2.05) is 42.5 Å². The Morgan fingerprint density at radius 1 is 0.800 bits per heavy atom. The van der Waals surface area contributed by atoms with Crippen molar-refractivity contribution in [1.29, 1.82) is 0 Å². The molecule has 0 saturated carbocycles. The lowest BCUT2D eigenvalue weighted by Crippen LogP contribution is -1.76. The fourth-order valence-electron chi connectivity index (χ4n) is 1.70. The Labute approximate surface area is 122 Å². The second kappa shape index (κ2) is 9.57. The monoisotopic (exact) mass is 262 g/mol. The first-order valence-corrected chi connectivity index (χ1v) is 6.87. The van der Waals surface area contributed by atoms with E-state index in [0.29, 0.717) is 0 Å². The second-order valence-corrected chi connectivity index (χ2v) is 4.26. The second-order valence-electron chi connectivity index (χ2n) is 4.26. The van der Waals surface area contributed by atoms with Crippen molar-refractivity contribution in [2.24, 2.45) is 0 Å². The molecule has 0 spiro atoms. The first-order chi connectivity index (χ1) is 9.81. The van der Waals surface area contributed by atoms with E-state index in [2.05, 4.69) is 56.5 Å². The van der Waals surface area contributed by atoms with E-state index in [9.17, 15) is 0 Å². The Morgan fingerprint density at radius 2 is 1.30 bits per heavy atom. The minimum atomic E-state index is 1.11. The minimum Gasteiger partial charge on any atom is -0.0984 e. The van der Waals surface area contributed by atoms with Crippen LogP contribution in [0.3, 0.4) is 0 Å². The summed E-state index contributed by atoms with van der Waals surface area (Å²) in [5.41, 5.74) is 3.55. The van der Waals surface area contributed by atoms with Crippen LogP contribution >= 0.6 is 0 Å². The highest BCUT2D eigenvalue weighted by molar-refractivity contribution is 5.63. The van der Waals surface area contributed by atoms with E-state index in [1.165, 1.54) is 5.56 Å². The fourth-order valence-corrected chi connectivity index (χ4v) is 1.70. The van der Waals surface area contributed by atoms with Crippen LogP contribution in [-0.2, 0) is 0 Å². The Hall–Kier alpha value is -2.34. The van der Waals surface area contributed by atoms with E-state index in [4.69, 9.17) is 0 Å². The molecule has 0 aromatic heterocycles. The van der Waals surface area contributed by atoms with Crippen molar-refractivity contribution in [1.82, 2.24) is 0 Å². The van der Waals surface area contributed by atoms with Gasteiger partial charge >= 0.3 is 0 Å². The number of allylic oxidation sites excluding steroid dienone is 1. The first kappa shape index (κ1) is 15.7. The molecule has 0 N–H and O–H groups in total. The number of rotatable bonds is 4. The summed E-state index contributed by atoms with van der Waals surface area (Å²) in [6.07, 6.45) is 9.07. The highest BCUT2D eigenvalue weighted by atomic mass is 13.9. The lowest BCUT2D eigenvalue weighted by Gasteiger charge is -1.96. The Balaban J connectivity index is 0.000000200. The van der Waals surface area contributed by atoms with Crippen LogP contribution in [0.4, 0.5) is 0 Å². The molecule has 0 amide bonds. The molecular weight excluding hydrogens is 240 g/mol. The van der Waals surface area contributed by atoms with Gasteiger partial charge in [-0.1, -0.05) is 99.0 Å². The molecule has 2 rings (SSSR count). The molecule has 2 aromatic carbocycles. The van der Waals surface area contributed by atoms with Gasteiger partial charge < -0.3 is 0 Å². The average Bonchev–Trinajstić information content (AvgIpc) is 2.54. The molecule has 0 unspecified atom stereocenters. The third kappa shape index (κ3) is 5.53. The summed E-state index contributed by atoms with van der Waals surface area (Å²) in [5.74, 6) is 0. The van der Waals surface area contributed by atoms with Crippen LogP contribution in [0.5, 0.6) is 0 Å². The fraction of sp³-hybridized carbons (Fsp3) is 0.100. The Bertz CT molecular complexity index is 520. The van der Waals surface area contributed by atoms with Crippen LogP contribution in [0.1, 0.15) is 30.0 Å². The van der Waals surface area contributed by atoms with Gasteiger partial charge in [0.15, 0.2) is 0 Å². The Kier molecular flexibility index (Phi) is 7.52. The summed E-state index contributed by atoms with van der Waals surface area (Å²) >= 11 is 0. The SMILES string of the molecule is C=Cc1ccccc1C=C.CCC=Cc1ccccc1. The molecular formula is C20H22. The predicted octanol–water partition coefficient (Wildman–Crippen LogP) is 6.08. The van der Waals surface area contributed by atoms with Crippen LogP contribution in [0.25, 0.3) is 18.2 Å². The van der Waals surface area contributed by atoms with E-state index < -0.39 is 0 Å². The third-order valence-corrected chi connectivity index (χ3v) is 2.78. The van der Waals surface area contributed by atoms with Gasteiger partial charge in [-0.3, -0.25) is 0 Å². The van der Waals surface area contributed by atoms with Gasteiger partial charge in [0.05, 0.1) is 0 Å². The predicted molar refractivity (Wildman–Crippen MR) is 92.4 cm³/mol. The van der Waals surface area contributed by atoms with Crippen LogP contribution in [0.15, 0.2) is 73.8 Å². The number of hydrogen-bond acceptors (Lipinski definition) is 0. The van der Waals surface area contributed by atoms with Crippen molar-refractivity contribution in [3.63, 3.8) is 0 Å². The van der Waals surface area contributed by atoms with Crippen LogP contribution in [0.2, 0.25) is 0 Å². The van der Waals surface area contributed by atoms with Gasteiger partial charge in [0.1, 0.15) is 0 Å². The molecule has 102 valence electrons.